The summed E-state index contributed by atoms with van der Waals surface area (Å²) >= 11 is 0. The zero-order valence-corrected chi connectivity index (χ0v) is 10.0. The number of phenols is 1. The fourth-order valence-corrected chi connectivity index (χ4v) is 1.97. The molecule has 6 nitrogen and oxygen atoms in total. The van der Waals surface area contributed by atoms with Gasteiger partial charge in [-0.1, -0.05) is 12.1 Å². The number of amides is 2. The predicted molar refractivity (Wildman–Crippen MR) is 66.4 cm³/mol. The van der Waals surface area contributed by atoms with Crippen LogP contribution in [0.1, 0.15) is 11.6 Å². The lowest BCUT2D eigenvalue weighted by Crippen LogP contribution is -2.35. The summed E-state index contributed by atoms with van der Waals surface area (Å²) in [5.41, 5.74) is 6.51. The maximum atomic E-state index is 11.7. The average Bonchev–Trinajstić information content (AvgIpc) is 2.61. The number of aliphatic imine (C=N–C) groups is 1. The Labute approximate surface area is 105 Å². The molecule has 1 aliphatic heterocycles. The van der Waals surface area contributed by atoms with E-state index in [2.05, 4.69) is 4.99 Å². The second kappa shape index (κ2) is 5.05. The molecule has 96 valence electrons. The molecule has 0 aromatic heterocycles. The third-order valence-electron chi connectivity index (χ3n) is 2.78. The van der Waals surface area contributed by atoms with Crippen molar-refractivity contribution in [1.82, 2.24) is 4.90 Å². The molecule has 1 atom stereocenters. The number of benzene rings is 1. The zero-order chi connectivity index (χ0) is 13.1. The smallest absolute Gasteiger partial charge is 0.346 e. The topological polar surface area (TPSA) is 88.2 Å². The highest BCUT2D eigenvalue weighted by atomic mass is 16.5. The number of phenolic OH excluding ortho intramolecular Hbond substituents is 1. The van der Waals surface area contributed by atoms with E-state index in [0.717, 1.165) is 5.56 Å². The average molecular weight is 249 g/mol. The molecule has 18 heavy (non-hydrogen) atoms. The molecule has 0 fully saturated rings. The van der Waals surface area contributed by atoms with Crippen LogP contribution in [0.25, 0.3) is 0 Å². The largest absolute Gasteiger partial charge is 0.508 e. The summed E-state index contributed by atoms with van der Waals surface area (Å²) in [6.45, 7) is 0.809. The van der Waals surface area contributed by atoms with Crippen LogP contribution in [0.2, 0.25) is 0 Å². The van der Waals surface area contributed by atoms with Crippen molar-refractivity contribution in [3.8, 4) is 5.75 Å². The van der Waals surface area contributed by atoms with Gasteiger partial charge in [-0.3, -0.25) is 0 Å². The number of aromatic hydroxyl groups is 1. The number of carbonyl (C=O) groups excluding carboxylic acids is 1. The normalized spacial score (nSPS) is 19.2. The Morgan fingerprint density at radius 3 is 3.00 bits per heavy atom. The van der Waals surface area contributed by atoms with Crippen LogP contribution in [-0.2, 0) is 4.74 Å². The number of nitrogens with two attached hydrogens (primary N) is 1. The molecule has 1 aromatic rings. The quantitative estimate of drug-likeness (QED) is 0.828. The van der Waals surface area contributed by atoms with Crippen molar-refractivity contribution in [2.45, 2.75) is 6.04 Å². The maximum Gasteiger partial charge on any atom is 0.346 e. The predicted octanol–water partition coefficient (Wildman–Crippen LogP) is 0.872. The van der Waals surface area contributed by atoms with Crippen molar-refractivity contribution < 1.29 is 14.6 Å². The number of amidine groups is 1. The van der Waals surface area contributed by atoms with E-state index < -0.39 is 6.04 Å². The Morgan fingerprint density at radius 2 is 2.33 bits per heavy atom. The van der Waals surface area contributed by atoms with Crippen LogP contribution < -0.4 is 5.73 Å². The van der Waals surface area contributed by atoms with Crippen molar-refractivity contribution >= 4 is 11.9 Å². The molecule has 0 radical (unpaired) electrons. The van der Waals surface area contributed by atoms with Crippen molar-refractivity contribution in [3.63, 3.8) is 0 Å². The molecule has 0 spiro atoms. The number of nitrogens with zero attached hydrogens (tertiary/aromatic N) is 2. The first-order valence-electron chi connectivity index (χ1n) is 5.56. The molecule has 2 amide bonds. The van der Waals surface area contributed by atoms with Crippen LogP contribution >= 0.6 is 0 Å². The van der Waals surface area contributed by atoms with Gasteiger partial charge in [-0.05, 0) is 17.7 Å². The highest BCUT2D eigenvalue weighted by Gasteiger charge is 2.34. The lowest BCUT2D eigenvalue weighted by Gasteiger charge is -2.24. The van der Waals surface area contributed by atoms with E-state index in [0.29, 0.717) is 13.2 Å². The first-order chi connectivity index (χ1) is 8.63. The molecule has 1 aliphatic rings. The molecular weight excluding hydrogens is 234 g/mol. The van der Waals surface area contributed by atoms with Gasteiger partial charge in [0.1, 0.15) is 17.6 Å². The Kier molecular flexibility index (Phi) is 3.47. The molecule has 0 saturated carbocycles. The van der Waals surface area contributed by atoms with Gasteiger partial charge in [-0.25, -0.2) is 4.79 Å². The zero-order valence-electron chi connectivity index (χ0n) is 10.0. The summed E-state index contributed by atoms with van der Waals surface area (Å²) in [5.74, 6) is 0.369. The minimum Gasteiger partial charge on any atom is -0.508 e. The number of ether oxygens (including phenoxy) is 1. The van der Waals surface area contributed by atoms with Crippen molar-refractivity contribution in [1.29, 1.82) is 0 Å². The van der Waals surface area contributed by atoms with Gasteiger partial charge in [-0.15, -0.1) is 0 Å². The standard InChI is InChI=1S/C12H15N3O3/c1-18-6-5-15-10(11(13)14-12(15)17)8-3-2-4-9(16)7-8/h2-4,7,10,16H,5-6H2,1H3,(H2,13,14,17). The van der Waals surface area contributed by atoms with E-state index in [1.165, 1.54) is 4.90 Å². The number of rotatable bonds is 4. The summed E-state index contributed by atoms with van der Waals surface area (Å²) < 4.78 is 4.96. The molecule has 0 aliphatic carbocycles. The van der Waals surface area contributed by atoms with E-state index in [-0.39, 0.29) is 17.6 Å². The van der Waals surface area contributed by atoms with E-state index >= 15 is 0 Å². The molecule has 1 heterocycles. The SMILES string of the molecule is COCCN1C(=O)N=C(N)C1c1cccc(O)c1. The molecule has 1 aromatic carbocycles. The molecule has 3 N–H and O–H groups in total. The first kappa shape index (κ1) is 12.4. The molecular formula is C12H15N3O3. The van der Waals surface area contributed by atoms with Crippen molar-refractivity contribution in [3.05, 3.63) is 29.8 Å². The van der Waals surface area contributed by atoms with Gasteiger partial charge in [0.25, 0.3) is 0 Å². The lowest BCUT2D eigenvalue weighted by molar-refractivity contribution is 0.150. The number of hydrogen-bond donors (Lipinski definition) is 2. The molecule has 0 saturated heterocycles. The summed E-state index contributed by atoms with van der Waals surface area (Å²) in [6.07, 6.45) is 0. The van der Waals surface area contributed by atoms with Crippen LogP contribution in [0.4, 0.5) is 4.79 Å². The van der Waals surface area contributed by atoms with Crippen LogP contribution in [0, 0.1) is 0 Å². The maximum absolute atomic E-state index is 11.7. The summed E-state index contributed by atoms with van der Waals surface area (Å²) in [7, 11) is 1.56. The Hall–Kier alpha value is -2.08. The molecule has 2 rings (SSSR count). The third kappa shape index (κ3) is 2.28. The minimum atomic E-state index is -0.431. The number of hydrogen-bond acceptors (Lipinski definition) is 4. The summed E-state index contributed by atoms with van der Waals surface area (Å²) in [5, 5.41) is 9.48. The summed E-state index contributed by atoms with van der Waals surface area (Å²) in [6, 6.07) is 5.83. The van der Waals surface area contributed by atoms with Crippen LogP contribution in [-0.4, -0.2) is 42.1 Å². The van der Waals surface area contributed by atoms with Gasteiger partial charge >= 0.3 is 6.03 Å². The monoisotopic (exact) mass is 249 g/mol. The molecule has 1 unspecified atom stereocenters. The van der Waals surface area contributed by atoms with E-state index in [1.54, 1.807) is 31.4 Å². The van der Waals surface area contributed by atoms with Gasteiger partial charge in [0, 0.05) is 13.7 Å². The number of urea groups is 1. The third-order valence-corrected chi connectivity index (χ3v) is 2.78. The van der Waals surface area contributed by atoms with Crippen LogP contribution in [0.5, 0.6) is 5.75 Å². The van der Waals surface area contributed by atoms with Gasteiger partial charge in [0.15, 0.2) is 0 Å². The lowest BCUT2D eigenvalue weighted by atomic mass is 10.1. The van der Waals surface area contributed by atoms with Gasteiger partial charge in [0.2, 0.25) is 0 Å². The van der Waals surface area contributed by atoms with Gasteiger partial charge in [-0.2, -0.15) is 4.99 Å². The second-order valence-electron chi connectivity index (χ2n) is 4.00. The molecule has 6 heteroatoms. The fraction of sp³-hybridized carbons (Fsp3) is 0.333. The van der Waals surface area contributed by atoms with Crippen molar-refractivity contribution in [2.24, 2.45) is 10.7 Å². The highest BCUT2D eigenvalue weighted by molar-refractivity contribution is 6.03. The minimum absolute atomic E-state index is 0.131. The van der Waals surface area contributed by atoms with Crippen LogP contribution in [0.15, 0.2) is 29.3 Å². The molecule has 0 bridgehead atoms. The number of carbonyl (C=O) groups is 1. The highest BCUT2D eigenvalue weighted by Crippen LogP contribution is 2.28. The van der Waals surface area contributed by atoms with Crippen molar-refractivity contribution in [2.75, 3.05) is 20.3 Å². The fourth-order valence-electron chi connectivity index (χ4n) is 1.97. The Balaban J connectivity index is 2.28. The van der Waals surface area contributed by atoms with E-state index in [1.807, 2.05) is 0 Å². The van der Waals surface area contributed by atoms with Gasteiger partial charge in [0.05, 0.1) is 6.61 Å². The van der Waals surface area contributed by atoms with E-state index in [4.69, 9.17) is 10.5 Å². The first-order valence-corrected chi connectivity index (χ1v) is 5.56. The van der Waals surface area contributed by atoms with Crippen LogP contribution in [0.3, 0.4) is 0 Å². The Morgan fingerprint density at radius 1 is 1.56 bits per heavy atom. The number of methoxy groups -OCH3 is 1. The van der Waals surface area contributed by atoms with E-state index in [9.17, 15) is 9.90 Å². The second-order valence-corrected chi connectivity index (χ2v) is 4.00. The Bertz CT molecular complexity index is 487. The summed E-state index contributed by atoms with van der Waals surface area (Å²) in [4.78, 5) is 17.0. The van der Waals surface area contributed by atoms with Gasteiger partial charge < -0.3 is 20.5 Å².